The van der Waals surface area contributed by atoms with Crippen LogP contribution in [0.5, 0.6) is 0 Å². The number of nitrogens with zero attached hydrogens (tertiary/aromatic N) is 3. The van der Waals surface area contributed by atoms with Crippen molar-refractivity contribution in [1.29, 1.82) is 0 Å². The number of furan rings is 1. The van der Waals surface area contributed by atoms with Gasteiger partial charge in [-0.2, -0.15) is 0 Å². The number of benzene rings is 2. The highest BCUT2D eigenvalue weighted by Crippen LogP contribution is 2.32. The van der Waals surface area contributed by atoms with E-state index in [1.165, 1.54) is 15.9 Å². The van der Waals surface area contributed by atoms with E-state index in [2.05, 4.69) is 4.99 Å². The molecular weight excluding hydrogens is 602 g/mol. The normalized spacial score (nSPS) is 14.8. The molecule has 4 aromatic rings. The second kappa shape index (κ2) is 12.7. The zero-order valence-electron chi connectivity index (χ0n) is 25.2. The van der Waals surface area contributed by atoms with E-state index < -0.39 is 18.0 Å². The predicted molar refractivity (Wildman–Crippen MR) is 171 cm³/mol. The minimum atomic E-state index is -0.725. The van der Waals surface area contributed by atoms with Crippen LogP contribution in [0.2, 0.25) is 5.02 Å². The monoisotopic (exact) mass is 633 g/mol. The topological polar surface area (TPSA) is 103 Å². The van der Waals surface area contributed by atoms with Crippen molar-refractivity contribution in [2.45, 2.75) is 39.8 Å². The number of anilines is 1. The lowest BCUT2D eigenvalue weighted by Gasteiger charge is -2.25. The quantitative estimate of drug-likeness (QED) is 0.241. The minimum absolute atomic E-state index is 0.191. The fourth-order valence-electron chi connectivity index (χ4n) is 4.94. The van der Waals surface area contributed by atoms with Crippen LogP contribution in [0, 0.1) is 0 Å². The molecule has 3 heterocycles. The minimum Gasteiger partial charge on any atom is -0.463 e. The van der Waals surface area contributed by atoms with Crippen molar-refractivity contribution in [3.63, 3.8) is 0 Å². The zero-order chi connectivity index (χ0) is 31.7. The van der Waals surface area contributed by atoms with Crippen LogP contribution in [0.25, 0.3) is 17.4 Å². The molecule has 0 radical (unpaired) electrons. The number of allylic oxidation sites excluding steroid dienone is 1. The van der Waals surface area contributed by atoms with Crippen molar-refractivity contribution in [1.82, 2.24) is 4.57 Å². The van der Waals surface area contributed by atoms with Gasteiger partial charge in [0.25, 0.3) is 5.56 Å². The first-order valence-electron chi connectivity index (χ1n) is 14.1. The molecule has 228 valence electrons. The molecule has 0 aliphatic carbocycles. The zero-order valence-corrected chi connectivity index (χ0v) is 26.8. The van der Waals surface area contributed by atoms with E-state index in [0.29, 0.717) is 48.3 Å². The van der Waals surface area contributed by atoms with E-state index in [0.717, 1.165) is 11.3 Å². The van der Waals surface area contributed by atoms with Gasteiger partial charge in [0.1, 0.15) is 11.5 Å². The van der Waals surface area contributed by atoms with Crippen molar-refractivity contribution in [2.24, 2.45) is 4.99 Å². The number of thiazole rings is 1. The Morgan fingerprint density at radius 3 is 2.50 bits per heavy atom. The summed E-state index contributed by atoms with van der Waals surface area (Å²) in [5.74, 6) is -0.235. The average Bonchev–Trinajstić information content (AvgIpc) is 3.56. The molecule has 0 saturated carbocycles. The molecule has 9 nitrogen and oxygen atoms in total. The summed E-state index contributed by atoms with van der Waals surface area (Å²) < 4.78 is 18.8. The third-order valence-corrected chi connectivity index (χ3v) is 8.17. The first-order valence-corrected chi connectivity index (χ1v) is 15.3. The van der Waals surface area contributed by atoms with Gasteiger partial charge in [0.05, 0.1) is 40.1 Å². The summed E-state index contributed by atoms with van der Waals surface area (Å²) in [5.41, 5.74) is 2.99. The molecule has 0 N–H and O–H groups in total. The van der Waals surface area contributed by atoms with Gasteiger partial charge in [-0.3, -0.25) is 9.36 Å². The van der Waals surface area contributed by atoms with E-state index >= 15 is 0 Å². The molecule has 0 amide bonds. The molecule has 2 aromatic heterocycles. The van der Waals surface area contributed by atoms with Crippen LogP contribution in [0.3, 0.4) is 0 Å². The summed E-state index contributed by atoms with van der Waals surface area (Å²) in [5, 5.41) is 0.429. The molecule has 0 spiro atoms. The van der Waals surface area contributed by atoms with Crippen molar-refractivity contribution in [2.75, 3.05) is 25.6 Å². The van der Waals surface area contributed by atoms with E-state index in [4.69, 9.17) is 25.5 Å². The van der Waals surface area contributed by atoms with E-state index in [9.17, 15) is 14.4 Å². The van der Waals surface area contributed by atoms with Crippen LogP contribution in [-0.4, -0.2) is 43.3 Å². The van der Waals surface area contributed by atoms with Gasteiger partial charge in [-0.05, 0) is 75.7 Å². The van der Waals surface area contributed by atoms with Crippen LogP contribution < -0.4 is 19.8 Å². The number of esters is 2. The predicted octanol–water partition coefficient (Wildman–Crippen LogP) is 5.34. The van der Waals surface area contributed by atoms with E-state index in [1.54, 1.807) is 64.1 Å². The SMILES string of the molecule is CCOC(=O)C1=C(C)N=c2s/c(=C/c3ccc(-c4cc(Cl)ccc4C(=O)OC(C)C)o3)c(=O)n2[C@H]1c1ccc(N(C)C)cc1. The molecule has 1 aliphatic heterocycles. The molecule has 1 atom stereocenters. The smallest absolute Gasteiger partial charge is 0.339 e. The first kappa shape index (κ1) is 31.0. The second-order valence-electron chi connectivity index (χ2n) is 10.6. The Morgan fingerprint density at radius 2 is 1.84 bits per heavy atom. The Morgan fingerprint density at radius 1 is 1.11 bits per heavy atom. The third kappa shape index (κ3) is 6.13. The number of carbonyl (C=O) groups is 2. The van der Waals surface area contributed by atoms with Crippen molar-refractivity contribution >= 4 is 46.6 Å². The molecule has 0 saturated heterocycles. The molecule has 0 bridgehead atoms. The molecule has 2 aromatic carbocycles. The highest BCUT2D eigenvalue weighted by Gasteiger charge is 2.33. The largest absolute Gasteiger partial charge is 0.463 e. The van der Waals surface area contributed by atoms with Gasteiger partial charge in [-0.1, -0.05) is 35.1 Å². The Kier molecular flexibility index (Phi) is 8.94. The Balaban J connectivity index is 1.60. The number of carbonyl (C=O) groups excluding carboxylic acids is 2. The Bertz CT molecular complexity index is 1950. The van der Waals surface area contributed by atoms with Crippen LogP contribution >= 0.6 is 22.9 Å². The highest BCUT2D eigenvalue weighted by molar-refractivity contribution is 7.07. The summed E-state index contributed by atoms with van der Waals surface area (Å²) in [6, 6.07) is 15.2. The van der Waals surface area contributed by atoms with Crippen LogP contribution in [0.4, 0.5) is 5.69 Å². The number of ether oxygens (including phenoxy) is 2. The van der Waals surface area contributed by atoms with Gasteiger partial charge in [0.15, 0.2) is 4.80 Å². The summed E-state index contributed by atoms with van der Waals surface area (Å²) in [7, 11) is 3.88. The van der Waals surface area contributed by atoms with Gasteiger partial charge in [-0.25, -0.2) is 14.6 Å². The molecule has 11 heteroatoms. The maximum absolute atomic E-state index is 14.0. The Labute approximate surface area is 263 Å². The van der Waals surface area contributed by atoms with Crippen LogP contribution in [-0.2, 0) is 14.3 Å². The van der Waals surface area contributed by atoms with Gasteiger partial charge < -0.3 is 18.8 Å². The number of aromatic nitrogens is 1. The standard InChI is InChI=1S/C33H32ClN3O6S/c1-7-41-32(40)28-19(4)35-33-37(29(28)20-8-11-22(12-9-20)36(5)6)30(38)27(44-33)17-23-13-15-26(43-23)25-16-21(34)10-14-24(25)31(39)42-18(2)3/h8-18,29H,7H2,1-6H3/b27-17+/t29-/m0/s1. The van der Waals surface area contributed by atoms with E-state index in [1.807, 2.05) is 43.3 Å². The molecule has 44 heavy (non-hydrogen) atoms. The van der Waals surface area contributed by atoms with Gasteiger partial charge in [0.2, 0.25) is 0 Å². The average molecular weight is 634 g/mol. The number of fused-ring (bicyclic) bond motifs is 1. The fraction of sp³-hybridized carbons (Fsp3) is 0.273. The molecule has 0 fully saturated rings. The maximum Gasteiger partial charge on any atom is 0.339 e. The van der Waals surface area contributed by atoms with Gasteiger partial charge in [0, 0.05) is 36.4 Å². The lowest BCUT2D eigenvalue weighted by atomic mass is 9.95. The number of hydrogen-bond acceptors (Lipinski definition) is 9. The van der Waals surface area contributed by atoms with Gasteiger partial charge >= 0.3 is 11.9 Å². The highest BCUT2D eigenvalue weighted by atomic mass is 35.5. The van der Waals surface area contributed by atoms with Crippen molar-refractivity contribution in [3.8, 4) is 11.3 Å². The number of hydrogen-bond donors (Lipinski definition) is 0. The summed E-state index contributed by atoms with van der Waals surface area (Å²) in [6.45, 7) is 7.22. The number of rotatable bonds is 8. The van der Waals surface area contributed by atoms with Crippen LogP contribution in [0.15, 0.2) is 80.1 Å². The lowest BCUT2D eigenvalue weighted by molar-refractivity contribution is -0.139. The molecule has 5 rings (SSSR count). The van der Waals surface area contributed by atoms with Crippen molar-refractivity contribution in [3.05, 3.63) is 107 Å². The lowest BCUT2D eigenvalue weighted by Crippen LogP contribution is -2.39. The Hall–Kier alpha value is -4.41. The summed E-state index contributed by atoms with van der Waals surface area (Å²) >= 11 is 7.45. The maximum atomic E-state index is 14.0. The summed E-state index contributed by atoms with van der Waals surface area (Å²) in [4.78, 5) is 46.9. The third-order valence-electron chi connectivity index (χ3n) is 6.95. The second-order valence-corrected chi connectivity index (χ2v) is 12.1. The van der Waals surface area contributed by atoms with Gasteiger partial charge in [-0.15, -0.1) is 0 Å². The first-order chi connectivity index (χ1) is 21.0. The van der Waals surface area contributed by atoms with Crippen LogP contribution in [0.1, 0.15) is 55.4 Å². The summed E-state index contributed by atoms with van der Waals surface area (Å²) in [6.07, 6.45) is 1.33. The molecule has 1 aliphatic rings. The molecular formula is C33H32ClN3O6S. The fourth-order valence-corrected chi connectivity index (χ4v) is 6.14. The van der Waals surface area contributed by atoms with E-state index in [-0.39, 0.29) is 18.3 Å². The number of halogens is 1. The molecule has 0 unspecified atom stereocenters. The van der Waals surface area contributed by atoms with Crippen molar-refractivity contribution < 1.29 is 23.5 Å².